The van der Waals surface area contributed by atoms with E-state index in [0.29, 0.717) is 10.2 Å². The van der Waals surface area contributed by atoms with Gasteiger partial charge in [-0.25, -0.2) is 9.87 Å². The van der Waals surface area contributed by atoms with Crippen LogP contribution in [0.2, 0.25) is 0 Å². The number of hydroxylamine groups is 1. The molecular weight excluding hydrogens is 317 g/mol. The molecule has 2 aromatic rings. The second kappa shape index (κ2) is 5.99. The monoisotopic (exact) mass is 327 g/mol. The molecule has 4 nitrogen and oxygen atoms in total. The van der Waals surface area contributed by atoms with Gasteiger partial charge >= 0.3 is 5.91 Å². The molecule has 0 unspecified atom stereocenters. The third-order valence-electron chi connectivity index (χ3n) is 2.37. The van der Waals surface area contributed by atoms with Crippen molar-refractivity contribution in [2.75, 3.05) is 0 Å². The lowest BCUT2D eigenvalue weighted by Gasteiger charge is -2.06. The topological polar surface area (TPSA) is 51.5 Å². The first-order chi connectivity index (χ1) is 9.06. The highest BCUT2D eigenvalue weighted by atomic mass is 79.9. The van der Waals surface area contributed by atoms with Gasteiger partial charge in [0.1, 0.15) is 18.2 Å². The van der Waals surface area contributed by atoms with Crippen LogP contribution in [0.15, 0.2) is 39.2 Å². The third kappa shape index (κ3) is 3.65. The van der Waals surface area contributed by atoms with E-state index < -0.39 is 5.91 Å². The standard InChI is InChI=1S/C13H11BrFNO3/c1-8-2-5-12(19-8)13(17)16-18-7-9-3-4-10(15)6-11(9)14/h2-6H,7H2,1H3,(H,16,17). The Morgan fingerprint density at radius 2 is 2.21 bits per heavy atom. The van der Waals surface area contributed by atoms with Crippen LogP contribution in [0, 0.1) is 12.7 Å². The van der Waals surface area contributed by atoms with Crippen LogP contribution < -0.4 is 5.48 Å². The van der Waals surface area contributed by atoms with Gasteiger partial charge in [-0.05, 0) is 36.8 Å². The SMILES string of the molecule is Cc1ccc(C(=O)NOCc2ccc(F)cc2Br)o1. The zero-order valence-electron chi connectivity index (χ0n) is 10.1. The van der Waals surface area contributed by atoms with E-state index in [1.54, 1.807) is 25.1 Å². The molecule has 0 aliphatic carbocycles. The summed E-state index contributed by atoms with van der Waals surface area (Å²) in [5.74, 6) is 0.0131. The Morgan fingerprint density at radius 3 is 2.84 bits per heavy atom. The van der Waals surface area contributed by atoms with E-state index in [0.717, 1.165) is 5.56 Å². The molecule has 0 bridgehead atoms. The average Bonchev–Trinajstić information content (AvgIpc) is 2.78. The minimum atomic E-state index is -0.466. The predicted octanol–water partition coefficient (Wildman–Crippen LogP) is 3.35. The quantitative estimate of drug-likeness (QED) is 0.876. The van der Waals surface area contributed by atoms with Gasteiger partial charge in [-0.3, -0.25) is 9.63 Å². The summed E-state index contributed by atoms with van der Waals surface area (Å²) >= 11 is 3.21. The minimum Gasteiger partial charge on any atom is -0.456 e. The average molecular weight is 328 g/mol. The molecule has 1 aromatic heterocycles. The number of hydrogen-bond donors (Lipinski definition) is 1. The molecule has 6 heteroatoms. The van der Waals surface area contributed by atoms with Gasteiger partial charge in [0, 0.05) is 4.47 Å². The third-order valence-corrected chi connectivity index (χ3v) is 3.11. The molecule has 1 aromatic carbocycles. The molecule has 1 N–H and O–H groups in total. The lowest BCUT2D eigenvalue weighted by Crippen LogP contribution is -2.23. The second-order valence-electron chi connectivity index (χ2n) is 3.87. The van der Waals surface area contributed by atoms with E-state index in [-0.39, 0.29) is 18.2 Å². The molecule has 0 aliphatic rings. The molecule has 0 atom stereocenters. The largest absolute Gasteiger partial charge is 0.456 e. The zero-order valence-corrected chi connectivity index (χ0v) is 11.7. The predicted molar refractivity (Wildman–Crippen MR) is 69.8 cm³/mol. The van der Waals surface area contributed by atoms with Gasteiger partial charge in [0.25, 0.3) is 0 Å². The molecule has 0 radical (unpaired) electrons. The molecule has 0 saturated carbocycles. The first kappa shape index (κ1) is 13.8. The number of aryl methyl sites for hydroxylation is 1. The second-order valence-corrected chi connectivity index (χ2v) is 4.72. The maximum atomic E-state index is 12.9. The Hall–Kier alpha value is -1.66. The van der Waals surface area contributed by atoms with E-state index in [9.17, 15) is 9.18 Å². The number of benzene rings is 1. The van der Waals surface area contributed by atoms with Crippen LogP contribution in [0.3, 0.4) is 0 Å². The molecule has 1 heterocycles. The maximum Gasteiger partial charge on any atom is 0.310 e. The summed E-state index contributed by atoms with van der Waals surface area (Å²) < 4.78 is 18.6. The van der Waals surface area contributed by atoms with Crippen molar-refractivity contribution >= 4 is 21.8 Å². The van der Waals surface area contributed by atoms with Gasteiger partial charge in [-0.1, -0.05) is 22.0 Å². The van der Waals surface area contributed by atoms with E-state index in [1.807, 2.05) is 0 Å². The summed E-state index contributed by atoms with van der Waals surface area (Å²) in [7, 11) is 0. The number of hydrogen-bond acceptors (Lipinski definition) is 3. The highest BCUT2D eigenvalue weighted by Crippen LogP contribution is 2.18. The molecule has 19 heavy (non-hydrogen) atoms. The van der Waals surface area contributed by atoms with Crippen LogP contribution >= 0.6 is 15.9 Å². The van der Waals surface area contributed by atoms with Crippen molar-refractivity contribution in [3.8, 4) is 0 Å². The number of rotatable bonds is 4. The fourth-order valence-corrected chi connectivity index (χ4v) is 1.89. The number of carbonyl (C=O) groups is 1. The summed E-state index contributed by atoms with van der Waals surface area (Å²) in [6, 6.07) is 7.47. The smallest absolute Gasteiger partial charge is 0.310 e. The van der Waals surface area contributed by atoms with Crippen molar-refractivity contribution < 1.29 is 18.4 Å². The fourth-order valence-electron chi connectivity index (χ4n) is 1.42. The summed E-state index contributed by atoms with van der Waals surface area (Å²) in [4.78, 5) is 16.6. The van der Waals surface area contributed by atoms with Crippen molar-refractivity contribution in [3.05, 3.63) is 57.7 Å². The van der Waals surface area contributed by atoms with E-state index in [1.165, 1.54) is 12.1 Å². The Labute approximate surface area is 117 Å². The van der Waals surface area contributed by atoms with Gasteiger partial charge in [0.2, 0.25) is 0 Å². The van der Waals surface area contributed by atoms with Gasteiger partial charge in [0.15, 0.2) is 5.76 Å². The summed E-state index contributed by atoms with van der Waals surface area (Å²) in [6.45, 7) is 1.86. The molecule has 0 fully saturated rings. The Kier molecular flexibility index (Phi) is 4.34. The molecular formula is C13H11BrFNO3. The van der Waals surface area contributed by atoms with Gasteiger partial charge in [-0.2, -0.15) is 0 Å². The van der Waals surface area contributed by atoms with E-state index >= 15 is 0 Å². The van der Waals surface area contributed by atoms with Crippen molar-refractivity contribution in [3.63, 3.8) is 0 Å². The number of halogens is 2. The molecule has 2 rings (SSSR count). The van der Waals surface area contributed by atoms with Crippen LogP contribution in [-0.4, -0.2) is 5.91 Å². The molecule has 100 valence electrons. The Morgan fingerprint density at radius 1 is 1.42 bits per heavy atom. The number of nitrogens with one attached hydrogen (secondary N) is 1. The molecule has 0 saturated heterocycles. The maximum absolute atomic E-state index is 12.9. The first-order valence-corrected chi connectivity index (χ1v) is 6.28. The lowest BCUT2D eigenvalue weighted by molar-refractivity contribution is 0.0209. The van der Waals surface area contributed by atoms with Crippen LogP contribution in [0.4, 0.5) is 4.39 Å². The Balaban J connectivity index is 1.88. The van der Waals surface area contributed by atoms with Crippen molar-refractivity contribution in [1.29, 1.82) is 0 Å². The van der Waals surface area contributed by atoms with Crippen LogP contribution in [0.5, 0.6) is 0 Å². The van der Waals surface area contributed by atoms with Gasteiger partial charge in [-0.15, -0.1) is 0 Å². The van der Waals surface area contributed by atoms with Gasteiger partial charge in [0.05, 0.1) is 0 Å². The van der Waals surface area contributed by atoms with Crippen LogP contribution in [-0.2, 0) is 11.4 Å². The summed E-state index contributed by atoms with van der Waals surface area (Å²) in [5.41, 5.74) is 2.98. The van der Waals surface area contributed by atoms with Crippen molar-refractivity contribution in [2.24, 2.45) is 0 Å². The fraction of sp³-hybridized carbons (Fsp3) is 0.154. The van der Waals surface area contributed by atoms with E-state index in [2.05, 4.69) is 21.4 Å². The molecule has 1 amide bonds. The van der Waals surface area contributed by atoms with E-state index in [4.69, 9.17) is 9.25 Å². The number of amides is 1. The summed E-state index contributed by atoms with van der Waals surface area (Å²) in [6.07, 6.45) is 0. The molecule has 0 aliphatic heterocycles. The highest BCUT2D eigenvalue weighted by Gasteiger charge is 2.10. The lowest BCUT2D eigenvalue weighted by atomic mass is 10.2. The number of carbonyl (C=O) groups excluding carboxylic acids is 1. The van der Waals surface area contributed by atoms with Crippen molar-refractivity contribution in [2.45, 2.75) is 13.5 Å². The Bertz CT molecular complexity index is 597. The van der Waals surface area contributed by atoms with Crippen LogP contribution in [0.1, 0.15) is 21.9 Å². The minimum absolute atomic E-state index is 0.117. The normalized spacial score (nSPS) is 10.5. The molecule has 0 spiro atoms. The van der Waals surface area contributed by atoms with Crippen molar-refractivity contribution in [1.82, 2.24) is 5.48 Å². The highest BCUT2D eigenvalue weighted by molar-refractivity contribution is 9.10. The van der Waals surface area contributed by atoms with Crippen LogP contribution in [0.25, 0.3) is 0 Å². The zero-order chi connectivity index (χ0) is 13.8. The first-order valence-electron chi connectivity index (χ1n) is 5.49. The number of furan rings is 1. The van der Waals surface area contributed by atoms with Gasteiger partial charge < -0.3 is 4.42 Å². The summed E-state index contributed by atoms with van der Waals surface area (Å²) in [5, 5.41) is 0.